The van der Waals surface area contributed by atoms with Crippen molar-refractivity contribution in [1.82, 2.24) is 4.90 Å². The van der Waals surface area contributed by atoms with E-state index < -0.39 is 0 Å². The Morgan fingerprint density at radius 1 is 1.27 bits per heavy atom. The van der Waals surface area contributed by atoms with Crippen LogP contribution in [-0.2, 0) is 11.3 Å². The van der Waals surface area contributed by atoms with Crippen LogP contribution >= 0.6 is 0 Å². The van der Waals surface area contributed by atoms with Crippen molar-refractivity contribution in [2.75, 3.05) is 7.05 Å². The molecule has 0 bridgehead atoms. The summed E-state index contributed by atoms with van der Waals surface area (Å²) in [7, 11) is 1.79. The number of likely N-dealkylation sites (N-methyl/N-ethyl adjacent to an activating group) is 1. The molecule has 3 heteroatoms. The van der Waals surface area contributed by atoms with Gasteiger partial charge in [0.05, 0.1) is 6.54 Å². The van der Waals surface area contributed by atoms with Crippen LogP contribution in [0.2, 0.25) is 0 Å². The molecule has 1 saturated carbocycles. The molecule has 1 aliphatic rings. The van der Waals surface area contributed by atoms with E-state index in [1.807, 2.05) is 48.5 Å². The van der Waals surface area contributed by atoms with Gasteiger partial charge < -0.3 is 9.32 Å². The summed E-state index contributed by atoms with van der Waals surface area (Å²) in [6, 6.07) is 13.8. The van der Waals surface area contributed by atoms with Crippen LogP contribution in [0.15, 0.2) is 53.0 Å². The number of amides is 1. The van der Waals surface area contributed by atoms with Crippen molar-refractivity contribution in [3.05, 3.63) is 65.6 Å². The van der Waals surface area contributed by atoms with Crippen LogP contribution in [0, 0.1) is 5.92 Å². The fraction of sp³-hybridized carbons (Fsp3) is 0.316. The number of hydrogen-bond donors (Lipinski definition) is 0. The minimum atomic E-state index is -0.0263. The van der Waals surface area contributed by atoms with E-state index in [9.17, 15) is 4.79 Å². The van der Waals surface area contributed by atoms with E-state index in [2.05, 4.69) is 6.92 Å². The lowest BCUT2D eigenvalue weighted by Crippen LogP contribution is -2.23. The molecule has 0 aliphatic heterocycles. The summed E-state index contributed by atoms with van der Waals surface area (Å²) >= 11 is 0. The van der Waals surface area contributed by atoms with Crippen molar-refractivity contribution >= 4 is 12.0 Å². The molecular weight excluding hydrogens is 274 g/mol. The maximum atomic E-state index is 12.1. The Balaban J connectivity index is 1.57. The SMILES string of the molecule is CC1CC1c1ccc(CN(C)C(=O)C=Cc2ccccc2)o1. The van der Waals surface area contributed by atoms with Crippen LogP contribution in [0.3, 0.4) is 0 Å². The van der Waals surface area contributed by atoms with Crippen molar-refractivity contribution < 1.29 is 9.21 Å². The van der Waals surface area contributed by atoms with Crippen LogP contribution in [0.1, 0.15) is 36.3 Å². The number of nitrogens with zero attached hydrogens (tertiary/aromatic N) is 1. The van der Waals surface area contributed by atoms with Gasteiger partial charge in [-0.2, -0.15) is 0 Å². The molecule has 114 valence electrons. The lowest BCUT2D eigenvalue weighted by Gasteiger charge is -2.13. The second-order valence-corrected chi connectivity index (χ2v) is 6.06. The molecule has 2 atom stereocenters. The fourth-order valence-electron chi connectivity index (χ4n) is 2.57. The number of benzene rings is 1. The van der Waals surface area contributed by atoms with Gasteiger partial charge in [0.25, 0.3) is 0 Å². The average Bonchev–Trinajstić information content (AvgIpc) is 3.08. The first-order valence-electron chi connectivity index (χ1n) is 7.70. The largest absolute Gasteiger partial charge is 0.464 e. The van der Waals surface area contributed by atoms with Gasteiger partial charge in [-0.3, -0.25) is 4.79 Å². The van der Waals surface area contributed by atoms with Crippen LogP contribution < -0.4 is 0 Å². The third-order valence-corrected chi connectivity index (χ3v) is 4.14. The molecule has 3 nitrogen and oxygen atoms in total. The van der Waals surface area contributed by atoms with Crippen molar-refractivity contribution in [2.24, 2.45) is 5.92 Å². The van der Waals surface area contributed by atoms with Gasteiger partial charge >= 0.3 is 0 Å². The van der Waals surface area contributed by atoms with Crippen LogP contribution in [-0.4, -0.2) is 17.9 Å². The van der Waals surface area contributed by atoms with Crippen LogP contribution in [0.25, 0.3) is 6.08 Å². The highest BCUT2D eigenvalue weighted by Crippen LogP contribution is 2.47. The number of rotatable bonds is 5. The summed E-state index contributed by atoms with van der Waals surface area (Å²) in [5, 5.41) is 0. The molecular formula is C19H21NO2. The molecule has 0 saturated heterocycles. The molecule has 1 heterocycles. The Labute approximate surface area is 131 Å². The van der Waals surface area contributed by atoms with E-state index in [0.29, 0.717) is 12.5 Å². The summed E-state index contributed by atoms with van der Waals surface area (Å²) < 4.78 is 5.84. The fourth-order valence-corrected chi connectivity index (χ4v) is 2.57. The normalized spacial score (nSPS) is 20.3. The predicted molar refractivity (Wildman–Crippen MR) is 87.2 cm³/mol. The molecule has 0 radical (unpaired) electrons. The van der Waals surface area contributed by atoms with Gasteiger partial charge in [-0.15, -0.1) is 0 Å². The summed E-state index contributed by atoms with van der Waals surface area (Å²) in [4.78, 5) is 13.8. The third-order valence-electron chi connectivity index (χ3n) is 4.14. The van der Waals surface area contributed by atoms with Gasteiger partial charge in [0, 0.05) is 19.0 Å². The first-order chi connectivity index (χ1) is 10.6. The smallest absolute Gasteiger partial charge is 0.246 e. The maximum absolute atomic E-state index is 12.1. The molecule has 0 spiro atoms. The summed E-state index contributed by atoms with van der Waals surface area (Å²) in [5.74, 6) is 3.18. The Morgan fingerprint density at radius 3 is 2.68 bits per heavy atom. The minimum absolute atomic E-state index is 0.0263. The van der Waals surface area contributed by atoms with Crippen molar-refractivity contribution in [1.29, 1.82) is 0 Å². The Hall–Kier alpha value is -2.29. The highest BCUT2D eigenvalue weighted by molar-refractivity contribution is 5.91. The summed E-state index contributed by atoms with van der Waals surface area (Å²) in [6.45, 7) is 2.73. The second kappa shape index (κ2) is 6.22. The van der Waals surface area contributed by atoms with Gasteiger partial charge in [-0.25, -0.2) is 0 Å². The van der Waals surface area contributed by atoms with E-state index in [1.54, 1.807) is 18.0 Å². The van der Waals surface area contributed by atoms with E-state index in [4.69, 9.17) is 4.42 Å². The molecule has 3 rings (SSSR count). The number of hydrogen-bond acceptors (Lipinski definition) is 2. The third kappa shape index (κ3) is 3.48. The summed E-state index contributed by atoms with van der Waals surface area (Å²) in [5.41, 5.74) is 1.02. The molecule has 1 aromatic heterocycles. The average molecular weight is 295 g/mol. The highest BCUT2D eigenvalue weighted by atomic mass is 16.3. The van der Waals surface area contributed by atoms with E-state index in [-0.39, 0.29) is 5.91 Å². The lowest BCUT2D eigenvalue weighted by molar-refractivity contribution is -0.125. The number of carbonyl (C=O) groups is 1. The molecule has 1 fully saturated rings. The molecule has 0 N–H and O–H groups in total. The lowest BCUT2D eigenvalue weighted by atomic mass is 10.2. The predicted octanol–water partition coefficient (Wildman–Crippen LogP) is 4.07. The monoisotopic (exact) mass is 295 g/mol. The van der Waals surface area contributed by atoms with Gasteiger partial charge in [0.15, 0.2) is 0 Å². The van der Waals surface area contributed by atoms with E-state index in [1.165, 1.54) is 6.42 Å². The van der Waals surface area contributed by atoms with E-state index in [0.717, 1.165) is 23.0 Å². The van der Waals surface area contributed by atoms with Crippen molar-refractivity contribution in [3.8, 4) is 0 Å². The Bertz CT molecular complexity index is 672. The molecule has 2 unspecified atom stereocenters. The molecule has 2 aromatic rings. The zero-order valence-electron chi connectivity index (χ0n) is 13.0. The van der Waals surface area contributed by atoms with Gasteiger partial charge in [-0.1, -0.05) is 37.3 Å². The molecule has 22 heavy (non-hydrogen) atoms. The minimum Gasteiger partial charge on any atom is -0.464 e. The molecule has 1 amide bonds. The van der Waals surface area contributed by atoms with Crippen molar-refractivity contribution in [3.63, 3.8) is 0 Å². The quantitative estimate of drug-likeness (QED) is 0.779. The van der Waals surface area contributed by atoms with E-state index >= 15 is 0 Å². The van der Waals surface area contributed by atoms with Crippen LogP contribution in [0.5, 0.6) is 0 Å². The Kier molecular flexibility index (Phi) is 4.14. The number of furan rings is 1. The Morgan fingerprint density at radius 2 is 2.00 bits per heavy atom. The van der Waals surface area contributed by atoms with Gasteiger partial charge in [-0.05, 0) is 36.1 Å². The first kappa shape index (κ1) is 14.6. The van der Waals surface area contributed by atoms with Crippen molar-refractivity contribution in [2.45, 2.75) is 25.8 Å². The molecule has 1 aromatic carbocycles. The summed E-state index contributed by atoms with van der Waals surface area (Å²) in [6.07, 6.45) is 4.64. The molecule has 1 aliphatic carbocycles. The maximum Gasteiger partial charge on any atom is 0.246 e. The van der Waals surface area contributed by atoms with Crippen LogP contribution in [0.4, 0.5) is 0 Å². The van der Waals surface area contributed by atoms with Gasteiger partial charge in [0.2, 0.25) is 5.91 Å². The topological polar surface area (TPSA) is 33.5 Å². The zero-order valence-corrected chi connectivity index (χ0v) is 13.0. The standard InChI is InChI=1S/C19H21NO2/c1-14-12-17(14)18-10-9-16(22-18)13-20(2)19(21)11-8-15-6-4-3-5-7-15/h3-11,14,17H,12-13H2,1-2H3. The van der Waals surface area contributed by atoms with Gasteiger partial charge in [0.1, 0.15) is 11.5 Å². The number of carbonyl (C=O) groups excluding carboxylic acids is 1. The first-order valence-corrected chi connectivity index (χ1v) is 7.70. The highest BCUT2D eigenvalue weighted by Gasteiger charge is 2.36. The second-order valence-electron chi connectivity index (χ2n) is 6.06. The zero-order chi connectivity index (χ0) is 15.5.